The highest BCUT2D eigenvalue weighted by molar-refractivity contribution is 5.91. The molecule has 1 unspecified atom stereocenters. The largest absolute Gasteiger partial charge is 0.493 e. The van der Waals surface area contributed by atoms with Crippen molar-refractivity contribution < 1.29 is 19.3 Å². The Morgan fingerprint density at radius 3 is 2.71 bits per heavy atom. The Hall–Kier alpha value is -3.56. The zero-order chi connectivity index (χ0) is 21.8. The van der Waals surface area contributed by atoms with Crippen molar-refractivity contribution in [2.75, 3.05) is 18.5 Å². The minimum absolute atomic E-state index is 0.0751. The summed E-state index contributed by atoms with van der Waals surface area (Å²) in [7, 11) is 0. The second-order valence-corrected chi connectivity index (χ2v) is 6.99. The number of hydrogen-bond acceptors (Lipinski definition) is 7. The second-order valence-electron chi connectivity index (χ2n) is 6.99. The number of nitrogens with zero attached hydrogens (tertiary/aromatic N) is 4. The Morgan fingerprint density at radius 2 is 1.94 bits per heavy atom. The van der Waals surface area contributed by atoms with Crippen LogP contribution in [-0.4, -0.2) is 43.2 Å². The van der Waals surface area contributed by atoms with Gasteiger partial charge in [-0.2, -0.15) is 5.10 Å². The van der Waals surface area contributed by atoms with Crippen molar-refractivity contribution in [2.45, 2.75) is 19.6 Å². The van der Waals surface area contributed by atoms with Crippen LogP contribution in [-0.2, 0) is 0 Å². The van der Waals surface area contributed by atoms with E-state index in [1.54, 1.807) is 6.07 Å². The summed E-state index contributed by atoms with van der Waals surface area (Å²) in [5.74, 6) is 1.36. The van der Waals surface area contributed by atoms with Crippen molar-refractivity contribution in [3.8, 4) is 5.75 Å². The molecule has 0 saturated carbocycles. The van der Waals surface area contributed by atoms with Crippen LogP contribution >= 0.6 is 0 Å². The zero-order valence-electron chi connectivity index (χ0n) is 16.9. The number of benzene rings is 2. The Labute approximate surface area is 178 Å². The highest BCUT2D eigenvalue weighted by atomic mass is 19.1. The third-order valence-electron chi connectivity index (χ3n) is 4.75. The first-order valence-corrected chi connectivity index (χ1v) is 9.80. The molecule has 2 heterocycles. The Balaban J connectivity index is 1.56. The van der Waals surface area contributed by atoms with Crippen molar-refractivity contribution in [1.82, 2.24) is 19.7 Å². The highest BCUT2D eigenvalue weighted by Crippen LogP contribution is 2.27. The topological polar surface area (TPSA) is 105 Å². The lowest BCUT2D eigenvalue weighted by molar-refractivity contribution is 0.130. The quantitative estimate of drug-likeness (QED) is 0.373. The molecule has 31 heavy (non-hydrogen) atoms. The number of aromatic nitrogens is 4. The predicted octanol–water partition coefficient (Wildman–Crippen LogP) is 3.32. The van der Waals surface area contributed by atoms with Gasteiger partial charge in [0.1, 0.15) is 23.7 Å². The first-order valence-electron chi connectivity index (χ1n) is 9.80. The van der Waals surface area contributed by atoms with Crippen molar-refractivity contribution in [2.24, 2.45) is 0 Å². The fourth-order valence-corrected chi connectivity index (χ4v) is 3.17. The predicted molar refractivity (Wildman–Crippen MR) is 114 cm³/mol. The van der Waals surface area contributed by atoms with E-state index < -0.39 is 6.23 Å². The molecule has 0 spiro atoms. The lowest BCUT2D eigenvalue weighted by Gasteiger charge is -2.13. The lowest BCUT2D eigenvalue weighted by Crippen LogP contribution is -2.13. The third kappa shape index (κ3) is 4.62. The van der Waals surface area contributed by atoms with Gasteiger partial charge in [0, 0.05) is 41.8 Å². The van der Waals surface area contributed by atoms with Crippen LogP contribution in [0, 0.1) is 12.7 Å². The van der Waals surface area contributed by atoms with Gasteiger partial charge in [0.15, 0.2) is 12.0 Å². The van der Waals surface area contributed by atoms with Gasteiger partial charge in [-0.25, -0.2) is 19.0 Å². The summed E-state index contributed by atoms with van der Waals surface area (Å²) in [6.07, 6.45) is 0.955. The SMILES string of the molecule is Cc1cc(Nc2ncnc3cc(OCCCO)ccc23)nn1C(O)c1ccc(F)cc1. The second kappa shape index (κ2) is 9.07. The molecule has 3 N–H and O–H groups in total. The Morgan fingerprint density at radius 1 is 1.13 bits per heavy atom. The number of nitrogens with one attached hydrogen (secondary N) is 1. The molecule has 4 aromatic rings. The normalized spacial score (nSPS) is 12.1. The van der Waals surface area contributed by atoms with Crippen LogP contribution in [0.1, 0.15) is 23.9 Å². The zero-order valence-corrected chi connectivity index (χ0v) is 16.9. The number of rotatable bonds is 8. The number of aliphatic hydroxyl groups excluding tert-OH is 2. The molecule has 0 aliphatic rings. The summed E-state index contributed by atoms with van der Waals surface area (Å²) in [4.78, 5) is 8.60. The molecule has 4 rings (SSSR count). The van der Waals surface area contributed by atoms with Crippen LogP contribution in [0.5, 0.6) is 5.75 Å². The molecule has 2 aromatic carbocycles. The maximum Gasteiger partial charge on any atom is 0.173 e. The molecule has 160 valence electrons. The van der Waals surface area contributed by atoms with E-state index >= 15 is 0 Å². The average Bonchev–Trinajstić information content (AvgIpc) is 3.14. The molecule has 2 aromatic heterocycles. The van der Waals surface area contributed by atoms with Crippen molar-refractivity contribution in [1.29, 1.82) is 0 Å². The van der Waals surface area contributed by atoms with E-state index in [9.17, 15) is 9.50 Å². The molecular weight excluding hydrogens is 401 g/mol. The number of hydrogen-bond donors (Lipinski definition) is 3. The third-order valence-corrected chi connectivity index (χ3v) is 4.75. The Bertz CT molecular complexity index is 1180. The average molecular weight is 423 g/mol. The minimum Gasteiger partial charge on any atom is -0.493 e. The standard InChI is InChI=1S/C22H22FN5O3/c1-14-11-20(27-28(14)22(30)15-3-5-16(23)6-4-15)26-21-18-8-7-17(31-10-2-9-29)12-19(18)24-13-25-21/h3-8,11-13,22,29-30H,2,9-10H2,1H3,(H,24,25,26,27). The van der Waals surface area contributed by atoms with Crippen LogP contribution in [0.25, 0.3) is 10.9 Å². The van der Waals surface area contributed by atoms with E-state index in [2.05, 4.69) is 20.4 Å². The van der Waals surface area contributed by atoms with Gasteiger partial charge in [-0.15, -0.1) is 0 Å². The van der Waals surface area contributed by atoms with E-state index in [4.69, 9.17) is 9.84 Å². The molecule has 8 nitrogen and oxygen atoms in total. The highest BCUT2D eigenvalue weighted by Gasteiger charge is 2.16. The number of ether oxygens (including phenoxy) is 1. The van der Waals surface area contributed by atoms with Gasteiger partial charge in [0.2, 0.25) is 0 Å². The maximum absolute atomic E-state index is 13.2. The summed E-state index contributed by atoms with van der Waals surface area (Å²) in [6, 6.07) is 12.9. The molecule has 0 bridgehead atoms. The number of aliphatic hydroxyl groups is 2. The van der Waals surface area contributed by atoms with Crippen LogP contribution in [0.15, 0.2) is 54.9 Å². The molecule has 0 aliphatic heterocycles. The monoisotopic (exact) mass is 423 g/mol. The summed E-state index contributed by atoms with van der Waals surface area (Å²) in [6.45, 7) is 2.32. The van der Waals surface area contributed by atoms with Gasteiger partial charge in [-0.3, -0.25) is 0 Å². The molecular formula is C22H22FN5O3. The molecule has 0 fully saturated rings. The van der Waals surface area contributed by atoms with Gasteiger partial charge in [0.05, 0.1) is 12.1 Å². The lowest BCUT2D eigenvalue weighted by atomic mass is 10.2. The van der Waals surface area contributed by atoms with Gasteiger partial charge in [-0.1, -0.05) is 12.1 Å². The molecule has 0 radical (unpaired) electrons. The minimum atomic E-state index is -1.04. The summed E-state index contributed by atoms with van der Waals surface area (Å²) in [5, 5.41) is 27.9. The molecule has 0 saturated heterocycles. The van der Waals surface area contributed by atoms with Crippen LogP contribution in [0.4, 0.5) is 16.0 Å². The van der Waals surface area contributed by atoms with E-state index in [1.807, 2.05) is 25.1 Å². The van der Waals surface area contributed by atoms with Crippen LogP contribution in [0.3, 0.4) is 0 Å². The van der Waals surface area contributed by atoms with Crippen molar-refractivity contribution in [3.63, 3.8) is 0 Å². The van der Waals surface area contributed by atoms with Crippen molar-refractivity contribution >= 4 is 22.5 Å². The van der Waals surface area contributed by atoms with Crippen LogP contribution < -0.4 is 10.1 Å². The maximum atomic E-state index is 13.2. The van der Waals surface area contributed by atoms with Gasteiger partial charge in [-0.05, 0) is 31.2 Å². The molecule has 0 aliphatic carbocycles. The molecule has 0 amide bonds. The van der Waals surface area contributed by atoms with E-state index in [0.29, 0.717) is 41.5 Å². The Kier molecular flexibility index (Phi) is 6.06. The van der Waals surface area contributed by atoms with E-state index in [0.717, 1.165) is 11.1 Å². The molecule has 1 atom stereocenters. The smallest absolute Gasteiger partial charge is 0.173 e. The van der Waals surface area contributed by atoms with Gasteiger partial charge < -0.3 is 20.3 Å². The van der Waals surface area contributed by atoms with Crippen molar-refractivity contribution in [3.05, 3.63) is 71.9 Å². The number of halogens is 1. The van der Waals surface area contributed by atoms with Gasteiger partial charge in [0.25, 0.3) is 0 Å². The summed E-state index contributed by atoms with van der Waals surface area (Å²) >= 11 is 0. The van der Waals surface area contributed by atoms with E-state index in [1.165, 1.54) is 35.3 Å². The van der Waals surface area contributed by atoms with Gasteiger partial charge >= 0.3 is 0 Å². The van der Waals surface area contributed by atoms with E-state index in [-0.39, 0.29) is 12.4 Å². The van der Waals surface area contributed by atoms with Crippen LogP contribution in [0.2, 0.25) is 0 Å². The summed E-state index contributed by atoms with van der Waals surface area (Å²) < 4.78 is 20.2. The fraction of sp³-hybridized carbons (Fsp3) is 0.227. The first kappa shape index (κ1) is 20.7. The fourth-order valence-electron chi connectivity index (χ4n) is 3.17. The molecule has 9 heteroatoms. The summed E-state index contributed by atoms with van der Waals surface area (Å²) in [5.41, 5.74) is 1.94. The number of anilines is 2. The number of fused-ring (bicyclic) bond motifs is 1. The first-order chi connectivity index (χ1) is 15.0. The number of aryl methyl sites for hydroxylation is 1.